The minimum atomic E-state index is -0.387. The number of carbonyl (C=O) groups excluding carboxylic acids is 1. The van der Waals surface area contributed by atoms with Gasteiger partial charge in [-0.25, -0.2) is 4.39 Å². The lowest BCUT2D eigenvalue weighted by atomic mass is 10.1. The summed E-state index contributed by atoms with van der Waals surface area (Å²) in [6, 6.07) is 17.5. The molecule has 0 fully saturated rings. The van der Waals surface area contributed by atoms with Gasteiger partial charge in [0.05, 0.1) is 12.1 Å². The van der Waals surface area contributed by atoms with Crippen LogP contribution in [0.1, 0.15) is 31.4 Å². The first-order valence-electron chi connectivity index (χ1n) is 10.7. The van der Waals surface area contributed by atoms with Crippen LogP contribution >= 0.6 is 11.6 Å². The maximum Gasteiger partial charge on any atom is 0.224 e. The predicted molar refractivity (Wildman–Crippen MR) is 131 cm³/mol. The van der Waals surface area contributed by atoms with E-state index in [1.807, 2.05) is 56.3 Å². The fourth-order valence-corrected chi connectivity index (χ4v) is 3.45. The van der Waals surface area contributed by atoms with E-state index in [1.54, 1.807) is 13.2 Å². The van der Waals surface area contributed by atoms with Gasteiger partial charge in [0, 0.05) is 29.9 Å². The lowest BCUT2D eigenvalue weighted by molar-refractivity contribution is -0.116. The highest BCUT2D eigenvalue weighted by atomic mass is 35.5. The van der Waals surface area contributed by atoms with E-state index < -0.39 is 0 Å². The van der Waals surface area contributed by atoms with Crippen LogP contribution in [-0.2, 0) is 17.9 Å². The Hall–Kier alpha value is -3.25. The van der Waals surface area contributed by atoms with Crippen LogP contribution in [0.4, 0.5) is 15.8 Å². The standard InChI is InChI=1S/C26H28ClFN2O3/c1-17(2)11-26(31)30-22-6-4-5-21(14-22)29-15-18-7-10-24(25(12-18)32-3)33-16-19-8-9-20(28)13-23(19)27/h4-10,12-14,17,29H,11,15-16H2,1-3H3,(H,30,31). The first-order valence-corrected chi connectivity index (χ1v) is 11.1. The van der Waals surface area contributed by atoms with Crippen molar-refractivity contribution in [3.63, 3.8) is 0 Å². The molecule has 0 saturated carbocycles. The van der Waals surface area contributed by atoms with Crippen molar-refractivity contribution in [2.24, 2.45) is 5.92 Å². The molecular formula is C26H28ClFN2O3. The monoisotopic (exact) mass is 470 g/mol. The zero-order valence-electron chi connectivity index (χ0n) is 19.0. The van der Waals surface area contributed by atoms with Crippen LogP contribution in [0.2, 0.25) is 5.02 Å². The van der Waals surface area contributed by atoms with Crippen LogP contribution in [0.3, 0.4) is 0 Å². The Labute approximate surface area is 198 Å². The molecule has 0 radical (unpaired) electrons. The minimum Gasteiger partial charge on any atom is -0.493 e. The Morgan fingerprint density at radius 2 is 1.82 bits per heavy atom. The molecule has 0 aliphatic heterocycles. The van der Waals surface area contributed by atoms with Crippen molar-refractivity contribution in [2.45, 2.75) is 33.4 Å². The molecule has 2 N–H and O–H groups in total. The second-order valence-electron chi connectivity index (χ2n) is 8.09. The van der Waals surface area contributed by atoms with Gasteiger partial charge < -0.3 is 20.1 Å². The van der Waals surface area contributed by atoms with E-state index in [2.05, 4.69) is 10.6 Å². The van der Waals surface area contributed by atoms with E-state index >= 15 is 0 Å². The summed E-state index contributed by atoms with van der Waals surface area (Å²) in [6.07, 6.45) is 0.485. The second kappa shape index (κ2) is 11.6. The first-order chi connectivity index (χ1) is 15.8. The first kappa shape index (κ1) is 24.4. The van der Waals surface area contributed by atoms with Crippen LogP contribution in [0.15, 0.2) is 60.7 Å². The molecule has 174 valence electrons. The second-order valence-corrected chi connectivity index (χ2v) is 8.50. The van der Waals surface area contributed by atoms with Crippen molar-refractivity contribution >= 4 is 28.9 Å². The van der Waals surface area contributed by atoms with Crippen LogP contribution < -0.4 is 20.1 Å². The number of hydrogen-bond donors (Lipinski definition) is 2. The predicted octanol–water partition coefficient (Wildman–Crippen LogP) is 6.66. The number of amides is 1. The zero-order chi connectivity index (χ0) is 23.8. The Morgan fingerprint density at radius 3 is 2.55 bits per heavy atom. The fraction of sp³-hybridized carbons (Fsp3) is 0.269. The minimum absolute atomic E-state index is 0.00407. The third kappa shape index (κ3) is 7.39. The van der Waals surface area contributed by atoms with E-state index in [9.17, 15) is 9.18 Å². The Bertz CT molecular complexity index is 1100. The van der Waals surface area contributed by atoms with Crippen molar-refractivity contribution in [1.82, 2.24) is 0 Å². The molecule has 0 unspecified atom stereocenters. The zero-order valence-corrected chi connectivity index (χ0v) is 19.7. The van der Waals surface area contributed by atoms with Crippen LogP contribution in [0, 0.1) is 11.7 Å². The third-order valence-electron chi connectivity index (χ3n) is 4.86. The van der Waals surface area contributed by atoms with Gasteiger partial charge in [0.2, 0.25) is 5.91 Å². The molecule has 0 spiro atoms. The Kier molecular flexibility index (Phi) is 8.55. The van der Waals surface area contributed by atoms with Gasteiger partial charge in [0.15, 0.2) is 11.5 Å². The molecule has 3 rings (SSSR count). The van der Waals surface area contributed by atoms with Gasteiger partial charge in [-0.2, -0.15) is 0 Å². The summed E-state index contributed by atoms with van der Waals surface area (Å²) in [5.74, 6) is 1.07. The maximum absolute atomic E-state index is 13.2. The van der Waals surface area contributed by atoms with Gasteiger partial charge in [-0.3, -0.25) is 4.79 Å². The molecule has 0 aromatic heterocycles. The molecule has 0 atom stereocenters. The van der Waals surface area contributed by atoms with Crippen molar-refractivity contribution in [3.8, 4) is 11.5 Å². The van der Waals surface area contributed by atoms with Gasteiger partial charge in [0.25, 0.3) is 0 Å². The number of carbonyl (C=O) groups is 1. The van der Waals surface area contributed by atoms with Gasteiger partial charge >= 0.3 is 0 Å². The summed E-state index contributed by atoms with van der Waals surface area (Å²) >= 11 is 6.07. The average Bonchev–Trinajstić information content (AvgIpc) is 2.77. The van der Waals surface area contributed by atoms with E-state index in [4.69, 9.17) is 21.1 Å². The summed E-state index contributed by atoms with van der Waals surface area (Å²) in [7, 11) is 1.58. The number of anilines is 2. The van der Waals surface area contributed by atoms with Crippen LogP contribution in [0.25, 0.3) is 0 Å². The van der Waals surface area contributed by atoms with Gasteiger partial charge in [-0.05, 0) is 53.9 Å². The van der Waals surface area contributed by atoms with Gasteiger partial charge in [-0.15, -0.1) is 0 Å². The van der Waals surface area contributed by atoms with E-state index in [-0.39, 0.29) is 18.3 Å². The molecule has 3 aromatic carbocycles. The molecule has 5 nitrogen and oxygen atoms in total. The van der Waals surface area contributed by atoms with Gasteiger partial charge in [0.1, 0.15) is 12.4 Å². The molecular weight excluding hydrogens is 443 g/mol. The molecule has 3 aromatic rings. The number of methoxy groups -OCH3 is 1. The van der Waals surface area contributed by atoms with Crippen molar-refractivity contribution in [3.05, 3.63) is 82.6 Å². The summed E-state index contributed by atoms with van der Waals surface area (Å²) in [4.78, 5) is 12.0. The number of halogens is 2. The van der Waals surface area contributed by atoms with Crippen molar-refractivity contribution < 1.29 is 18.7 Å². The lowest BCUT2D eigenvalue weighted by Gasteiger charge is -2.14. The van der Waals surface area contributed by atoms with Crippen LogP contribution in [0.5, 0.6) is 11.5 Å². The molecule has 0 aliphatic rings. The highest BCUT2D eigenvalue weighted by molar-refractivity contribution is 6.31. The van der Waals surface area contributed by atoms with E-state index in [0.717, 1.165) is 16.9 Å². The maximum atomic E-state index is 13.2. The topological polar surface area (TPSA) is 59.6 Å². The number of nitrogens with one attached hydrogen (secondary N) is 2. The molecule has 33 heavy (non-hydrogen) atoms. The van der Waals surface area contributed by atoms with Crippen LogP contribution in [-0.4, -0.2) is 13.0 Å². The smallest absolute Gasteiger partial charge is 0.224 e. The summed E-state index contributed by atoms with van der Waals surface area (Å²) in [5, 5.41) is 6.60. The normalized spacial score (nSPS) is 10.7. The SMILES string of the molecule is COc1cc(CNc2cccc(NC(=O)CC(C)C)c2)ccc1OCc1ccc(F)cc1Cl. The number of ether oxygens (including phenoxy) is 2. The van der Waals surface area contributed by atoms with Crippen molar-refractivity contribution in [2.75, 3.05) is 17.7 Å². The number of benzene rings is 3. The molecule has 7 heteroatoms. The lowest BCUT2D eigenvalue weighted by Crippen LogP contribution is -2.13. The number of hydrogen-bond acceptors (Lipinski definition) is 4. The molecule has 0 aliphatic carbocycles. The summed E-state index contributed by atoms with van der Waals surface area (Å²) in [5.41, 5.74) is 3.33. The highest BCUT2D eigenvalue weighted by Crippen LogP contribution is 2.30. The van der Waals surface area contributed by atoms with Crippen molar-refractivity contribution in [1.29, 1.82) is 0 Å². The van der Waals surface area contributed by atoms with Gasteiger partial charge in [-0.1, -0.05) is 43.6 Å². The number of rotatable bonds is 10. The average molecular weight is 471 g/mol. The van der Waals surface area contributed by atoms with E-state index in [0.29, 0.717) is 41.0 Å². The third-order valence-corrected chi connectivity index (χ3v) is 5.21. The molecule has 0 saturated heterocycles. The largest absolute Gasteiger partial charge is 0.493 e. The van der Waals surface area contributed by atoms with E-state index in [1.165, 1.54) is 12.1 Å². The molecule has 0 heterocycles. The fourth-order valence-electron chi connectivity index (χ4n) is 3.23. The summed E-state index contributed by atoms with van der Waals surface area (Å²) < 4.78 is 24.5. The summed E-state index contributed by atoms with van der Waals surface area (Å²) in [6.45, 7) is 4.78. The molecule has 1 amide bonds. The Balaban J connectivity index is 1.60. The molecule has 0 bridgehead atoms. The quantitative estimate of drug-likeness (QED) is 0.347. The highest BCUT2D eigenvalue weighted by Gasteiger charge is 2.09. The Morgan fingerprint density at radius 1 is 1.03 bits per heavy atom.